The molecule has 0 N–H and O–H groups in total. The van der Waals surface area contributed by atoms with Crippen molar-refractivity contribution >= 4 is 11.9 Å². The topological polar surface area (TPSA) is 61.8 Å². The van der Waals surface area contributed by atoms with Gasteiger partial charge in [0.1, 0.15) is 6.61 Å². The normalized spacial score (nSPS) is 12.4. The molecule has 0 amide bonds. The molecule has 0 aromatic rings. The predicted octanol–water partition coefficient (Wildman–Crippen LogP) is 15.4. The molecule has 0 radical (unpaired) electrons. The molecule has 0 spiro atoms. The lowest BCUT2D eigenvalue weighted by atomic mass is 10.1. The van der Waals surface area contributed by atoms with Gasteiger partial charge in [-0.15, -0.1) is 0 Å². The van der Waals surface area contributed by atoms with E-state index in [1.54, 1.807) is 0 Å². The van der Waals surface area contributed by atoms with Crippen molar-refractivity contribution in [3.05, 3.63) is 36.5 Å². The molecular formula is C49H90O5. The van der Waals surface area contributed by atoms with Gasteiger partial charge in [0.2, 0.25) is 0 Å². The standard InChI is InChI=1S/C49H90O5/c1-4-7-10-13-16-19-22-24-25-26-28-30-33-36-39-42-48(50)53-46-47(45-52-44-41-38-35-32-29-23-20-17-14-11-8-5-2)54-49(51)43-40-37-34-31-27-21-18-15-12-9-6-3/h14,16-17,19,24-25,47H,4-13,15,18,20-23,26-46H2,1-3H3/b17-14-,19-16-,25-24-. The molecule has 0 saturated carbocycles. The van der Waals surface area contributed by atoms with E-state index in [4.69, 9.17) is 14.2 Å². The summed E-state index contributed by atoms with van der Waals surface area (Å²) in [5, 5.41) is 0. The third kappa shape index (κ3) is 42.9. The van der Waals surface area contributed by atoms with Crippen molar-refractivity contribution in [2.75, 3.05) is 19.8 Å². The first-order valence-corrected chi connectivity index (χ1v) is 23.5. The number of ether oxygens (including phenoxy) is 3. The highest BCUT2D eigenvalue weighted by atomic mass is 16.6. The zero-order valence-corrected chi connectivity index (χ0v) is 36.2. The lowest BCUT2D eigenvalue weighted by Crippen LogP contribution is -2.30. The van der Waals surface area contributed by atoms with Gasteiger partial charge in [0.05, 0.1) is 6.61 Å². The van der Waals surface area contributed by atoms with Crippen LogP contribution in [0.3, 0.4) is 0 Å². The summed E-state index contributed by atoms with van der Waals surface area (Å²) >= 11 is 0. The molecule has 0 aromatic heterocycles. The molecular weight excluding hydrogens is 669 g/mol. The molecule has 1 unspecified atom stereocenters. The van der Waals surface area contributed by atoms with Gasteiger partial charge >= 0.3 is 11.9 Å². The Balaban J connectivity index is 4.25. The van der Waals surface area contributed by atoms with Crippen molar-refractivity contribution in [1.82, 2.24) is 0 Å². The van der Waals surface area contributed by atoms with E-state index in [2.05, 4.69) is 57.2 Å². The minimum Gasteiger partial charge on any atom is -0.462 e. The highest BCUT2D eigenvalue weighted by Crippen LogP contribution is 2.14. The van der Waals surface area contributed by atoms with Crippen molar-refractivity contribution < 1.29 is 23.8 Å². The number of carbonyl (C=O) groups is 2. The zero-order chi connectivity index (χ0) is 39.3. The van der Waals surface area contributed by atoms with E-state index in [0.717, 1.165) is 57.8 Å². The highest BCUT2D eigenvalue weighted by Gasteiger charge is 2.17. The van der Waals surface area contributed by atoms with Crippen LogP contribution in [-0.2, 0) is 23.8 Å². The molecule has 0 heterocycles. The largest absolute Gasteiger partial charge is 0.462 e. The minimum absolute atomic E-state index is 0.0793. The van der Waals surface area contributed by atoms with Crippen molar-refractivity contribution in [3.63, 3.8) is 0 Å². The van der Waals surface area contributed by atoms with Gasteiger partial charge < -0.3 is 14.2 Å². The molecule has 0 aliphatic carbocycles. The summed E-state index contributed by atoms with van der Waals surface area (Å²) in [6, 6.07) is 0. The Kier molecular flexibility index (Phi) is 43.9. The maximum atomic E-state index is 12.7. The van der Waals surface area contributed by atoms with Crippen molar-refractivity contribution in [2.45, 2.75) is 245 Å². The molecule has 1 atom stereocenters. The fraction of sp³-hybridized carbons (Fsp3) is 0.837. The van der Waals surface area contributed by atoms with Crippen molar-refractivity contribution in [1.29, 1.82) is 0 Å². The fourth-order valence-electron chi connectivity index (χ4n) is 6.58. The monoisotopic (exact) mass is 759 g/mol. The van der Waals surface area contributed by atoms with Gasteiger partial charge in [0.25, 0.3) is 0 Å². The Labute approximate surface area is 336 Å². The second-order valence-corrected chi connectivity index (χ2v) is 15.7. The van der Waals surface area contributed by atoms with E-state index in [0.29, 0.717) is 19.4 Å². The van der Waals surface area contributed by atoms with Crippen molar-refractivity contribution in [2.24, 2.45) is 0 Å². The van der Waals surface area contributed by atoms with Crippen LogP contribution in [0.15, 0.2) is 36.5 Å². The molecule has 0 fully saturated rings. The molecule has 54 heavy (non-hydrogen) atoms. The maximum absolute atomic E-state index is 12.7. The first-order chi connectivity index (χ1) is 26.6. The van der Waals surface area contributed by atoms with Gasteiger partial charge in [-0.3, -0.25) is 9.59 Å². The number of hydrogen-bond donors (Lipinski definition) is 0. The Morgan fingerprint density at radius 2 is 0.796 bits per heavy atom. The second-order valence-electron chi connectivity index (χ2n) is 15.7. The van der Waals surface area contributed by atoms with Gasteiger partial charge in [-0.05, 0) is 70.6 Å². The number of rotatable bonds is 43. The Bertz CT molecular complexity index is 862. The summed E-state index contributed by atoms with van der Waals surface area (Å²) in [6.45, 7) is 7.76. The SMILES string of the molecule is CCCC/C=C\CCCCCCCCOCC(COC(=O)CCCCCCC/C=C\C/C=C\CCCCC)OC(=O)CCCCCCCCCCCCC. The van der Waals surface area contributed by atoms with Gasteiger partial charge in [-0.2, -0.15) is 0 Å². The van der Waals surface area contributed by atoms with E-state index < -0.39 is 6.10 Å². The van der Waals surface area contributed by atoms with Crippen LogP contribution in [-0.4, -0.2) is 37.9 Å². The Morgan fingerprint density at radius 3 is 1.33 bits per heavy atom. The summed E-state index contributed by atoms with van der Waals surface area (Å²) < 4.78 is 17.3. The molecule has 0 rings (SSSR count). The summed E-state index contributed by atoms with van der Waals surface area (Å²) in [4.78, 5) is 25.2. The second kappa shape index (κ2) is 45.5. The molecule has 0 aromatic carbocycles. The molecule has 0 saturated heterocycles. The maximum Gasteiger partial charge on any atom is 0.306 e. The third-order valence-corrected chi connectivity index (χ3v) is 10.1. The number of esters is 2. The summed E-state index contributed by atoms with van der Waals surface area (Å²) in [7, 11) is 0. The number of unbranched alkanes of at least 4 members (excludes halogenated alkanes) is 26. The van der Waals surface area contributed by atoms with Crippen LogP contribution in [0.1, 0.15) is 239 Å². The number of hydrogen-bond acceptors (Lipinski definition) is 5. The first kappa shape index (κ1) is 52.1. The predicted molar refractivity (Wildman–Crippen MR) is 233 cm³/mol. The summed E-state index contributed by atoms with van der Waals surface area (Å²) in [5.74, 6) is -0.409. The summed E-state index contributed by atoms with van der Waals surface area (Å²) in [6.07, 6.45) is 52.8. The average molecular weight is 759 g/mol. The van der Waals surface area contributed by atoms with Crippen LogP contribution >= 0.6 is 0 Å². The first-order valence-electron chi connectivity index (χ1n) is 23.5. The van der Waals surface area contributed by atoms with E-state index in [9.17, 15) is 9.59 Å². The van der Waals surface area contributed by atoms with Crippen molar-refractivity contribution in [3.8, 4) is 0 Å². The molecule has 0 bridgehead atoms. The zero-order valence-electron chi connectivity index (χ0n) is 36.2. The number of allylic oxidation sites excluding steroid dienone is 6. The number of carbonyl (C=O) groups excluding carboxylic acids is 2. The van der Waals surface area contributed by atoms with Gasteiger partial charge in [0, 0.05) is 19.4 Å². The lowest BCUT2D eigenvalue weighted by Gasteiger charge is -2.18. The van der Waals surface area contributed by atoms with E-state index >= 15 is 0 Å². The van der Waals surface area contributed by atoms with Gasteiger partial charge in [-0.1, -0.05) is 192 Å². The highest BCUT2D eigenvalue weighted by molar-refractivity contribution is 5.70. The minimum atomic E-state index is -0.538. The van der Waals surface area contributed by atoms with E-state index in [1.165, 1.54) is 148 Å². The van der Waals surface area contributed by atoms with Crippen LogP contribution in [0.25, 0.3) is 0 Å². The molecule has 316 valence electrons. The fourth-order valence-corrected chi connectivity index (χ4v) is 6.58. The molecule has 5 heteroatoms. The van der Waals surface area contributed by atoms with Gasteiger partial charge in [-0.25, -0.2) is 0 Å². The van der Waals surface area contributed by atoms with E-state index in [-0.39, 0.29) is 25.2 Å². The molecule has 0 aliphatic heterocycles. The lowest BCUT2D eigenvalue weighted by molar-refractivity contribution is -0.163. The third-order valence-electron chi connectivity index (χ3n) is 10.1. The van der Waals surface area contributed by atoms with Gasteiger partial charge in [0.15, 0.2) is 6.10 Å². The smallest absolute Gasteiger partial charge is 0.306 e. The Hall–Kier alpha value is -1.88. The summed E-state index contributed by atoms with van der Waals surface area (Å²) in [5.41, 5.74) is 0. The van der Waals surface area contributed by atoms with Crippen LogP contribution in [0.4, 0.5) is 0 Å². The Morgan fingerprint density at radius 1 is 0.407 bits per heavy atom. The molecule has 5 nitrogen and oxygen atoms in total. The van der Waals surface area contributed by atoms with E-state index in [1.807, 2.05) is 0 Å². The quantitative estimate of drug-likeness (QED) is 0.0352. The van der Waals surface area contributed by atoms with Crippen LogP contribution in [0.2, 0.25) is 0 Å². The van der Waals surface area contributed by atoms with Crippen LogP contribution in [0.5, 0.6) is 0 Å². The molecule has 0 aliphatic rings. The van der Waals surface area contributed by atoms with Crippen LogP contribution in [0, 0.1) is 0 Å². The average Bonchev–Trinajstić information content (AvgIpc) is 3.17. The van der Waals surface area contributed by atoms with Crippen LogP contribution < -0.4 is 0 Å².